The molecule has 0 aliphatic heterocycles. The van der Waals surface area contributed by atoms with Crippen LogP contribution in [-0.2, 0) is 6.42 Å². The molecule has 26 heavy (non-hydrogen) atoms. The van der Waals surface area contributed by atoms with Crippen molar-refractivity contribution in [1.82, 2.24) is 15.5 Å². The van der Waals surface area contributed by atoms with E-state index in [1.807, 2.05) is 44.2 Å². The molecule has 6 heteroatoms. The molecule has 0 saturated carbocycles. The maximum absolute atomic E-state index is 12.4. The molecule has 3 rings (SSSR count). The maximum Gasteiger partial charge on any atom is 0.251 e. The second-order valence-corrected chi connectivity index (χ2v) is 6.33. The fraction of sp³-hybridized carbons (Fsp3) is 0.250. The number of carbonyl (C=O) groups excluding carboxylic acids is 1. The molecular weight excluding hydrogens is 330 g/mol. The normalized spacial score (nSPS) is 10.9. The van der Waals surface area contributed by atoms with Gasteiger partial charge in [-0.2, -0.15) is 4.98 Å². The Labute approximate surface area is 151 Å². The molecule has 1 aromatic heterocycles. The average Bonchev–Trinajstić information content (AvgIpc) is 3.12. The SMILES string of the molecule is CC(C)c1noc(CCNC(=O)c2cccc(-c3ccc(O)cc3)c2)n1. The number of nitrogens with zero attached hydrogens (tertiary/aromatic N) is 2. The third-order valence-electron chi connectivity index (χ3n) is 3.95. The third kappa shape index (κ3) is 4.27. The summed E-state index contributed by atoms with van der Waals surface area (Å²) >= 11 is 0. The molecule has 2 N–H and O–H groups in total. The lowest BCUT2D eigenvalue weighted by molar-refractivity contribution is 0.0953. The van der Waals surface area contributed by atoms with Crippen LogP contribution in [-0.4, -0.2) is 27.7 Å². The van der Waals surface area contributed by atoms with Crippen LogP contribution in [0.25, 0.3) is 11.1 Å². The van der Waals surface area contributed by atoms with Crippen molar-refractivity contribution in [3.63, 3.8) is 0 Å². The number of aromatic hydroxyl groups is 1. The van der Waals surface area contributed by atoms with Gasteiger partial charge in [-0.05, 0) is 35.4 Å². The van der Waals surface area contributed by atoms with Gasteiger partial charge >= 0.3 is 0 Å². The van der Waals surface area contributed by atoms with E-state index in [9.17, 15) is 9.90 Å². The van der Waals surface area contributed by atoms with Crippen LogP contribution in [0.5, 0.6) is 5.75 Å². The van der Waals surface area contributed by atoms with Gasteiger partial charge in [0, 0.05) is 24.4 Å². The van der Waals surface area contributed by atoms with Crippen molar-refractivity contribution in [2.75, 3.05) is 6.54 Å². The topological polar surface area (TPSA) is 88.2 Å². The first-order chi connectivity index (χ1) is 12.5. The number of phenols is 1. The Hall–Kier alpha value is -3.15. The zero-order valence-corrected chi connectivity index (χ0v) is 14.8. The lowest BCUT2D eigenvalue weighted by Crippen LogP contribution is -2.25. The molecule has 0 atom stereocenters. The summed E-state index contributed by atoms with van der Waals surface area (Å²) in [7, 11) is 0. The highest BCUT2D eigenvalue weighted by Crippen LogP contribution is 2.22. The van der Waals surface area contributed by atoms with Crippen molar-refractivity contribution in [3.05, 3.63) is 65.8 Å². The predicted molar refractivity (Wildman–Crippen MR) is 98.0 cm³/mol. The minimum atomic E-state index is -0.158. The number of benzene rings is 2. The minimum Gasteiger partial charge on any atom is -0.508 e. The highest BCUT2D eigenvalue weighted by molar-refractivity contribution is 5.95. The fourth-order valence-electron chi connectivity index (χ4n) is 2.48. The van der Waals surface area contributed by atoms with Crippen molar-refractivity contribution in [3.8, 4) is 16.9 Å². The number of phenolic OH excluding ortho intramolecular Hbond substituents is 1. The van der Waals surface area contributed by atoms with Crippen LogP contribution in [0, 0.1) is 0 Å². The first-order valence-corrected chi connectivity index (χ1v) is 8.53. The van der Waals surface area contributed by atoms with E-state index in [-0.39, 0.29) is 17.6 Å². The summed E-state index contributed by atoms with van der Waals surface area (Å²) < 4.78 is 5.17. The summed E-state index contributed by atoms with van der Waals surface area (Å²) in [6.45, 7) is 4.41. The van der Waals surface area contributed by atoms with Crippen LogP contribution in [0.15, 0.2) is 53.1 Å². The molecule has 1 amide bonds. The Bertz CT molecular complexity index is 885. The monoisotopic (exact) mass is 351 g/mol. The highest BCUT2D eigenvalue weighted by atomic mass is 16.5. The average molecular weight is 351 g/mol. The Balaban J connectivity index is 1.61. The molecule has 0 saturated heterocycles. The van der Waals surface area contributed by atoms with Gasteiger partial charge in [0.05, 0.1) is 0 Å². The van der Waals surface area contributed by atoms with Crippen molar-refractivity contribution < 1.29 is 14.4 Å². The number of rotatable bonds is 6. The Morgan fingerprint density at radius 3 is 2.62 bits per heavy atom. The summed E-state index contributed by atoms with van der Waals surface area (Å²) in [6, 6.07) is 14.2. The van der Waals surface area contributed by atoms with Crippen LogP contribution in [0.1, 0.15) is 41.8 Å². The van der Waals surface area contributed by atoms with E-state index in [2.05, 4.69) is 15.5 Å². The van der Waals surface area contributed by atoms with Gasteiger partial charge in [0.2, 0.25) is 5.89 Å². The number of hydrogen-bond acceptors (Lipinski definition) is 5. The van der Waals surface area contributed by atoms with Gasteiger partial charge in [-0.25, -0.2) is 0 Å². The van der Waals surface area contributed by atoms with Crippen LogP contribution in [0.4, 0.5) is 0 Å². The van der Waals surface area contributed by atoms with Gasteiger partial charge in [0.25, 0.3) is 5.91 Å². The smallest absolute Gasteiger partial charge is 0.251 e. The first-order valence-electron chi connectivity index (χ1n) is 8.53. The number of hydrogen-bond donors (Lipinski definition) is 2. The predicted octanol–water partition coefficient (Wildman–Crippen LogP) is 3.54. The van der Waals surface area contributed by atoms with Gasteiger partial charge in [-0.15, -0.1) is 0 Å². The summed E-state index contributed by atoms with van der Waals surface area (Å²) in [5.74, 6) is 1.46. The minimum absolute atomic E-state index is 0.158. The molecule has 0 fully saturated rings. The van der Waals surface area contributed by atoms with Gasteiger partial charge in [-0.1, -0.05) is 43.3 Å². The Kier molecular flexibility index (Phi) is 5.31. The first kappa shape index (κ1) is 17.7. The lowest BCUT2D eigenvalue weighted by Gasteiger charge is -2.07. The van der Waals surface area contributed by atoms with Crippen molar-refractivity contribution in [1.29, 1.82) is 0 Å². The summed E-state index contributed by atoms with van der Waals surface area (Å²) in [5, 5.41) is 16.2. The molecule has 3 aromatic rings. The second-order valence-electron chi connectivity index (χ2n) is 6.33. The Morgan fingerprint density at radius 1 is 1.15 bits per heavy atom. The van der Waals surface area contributed by atoms with Gasteiger partial charge < -0.3 is 14.9 Å². The number of carbonyl (C=O) groups is 1. The third-order valence-corrected chi connectivity index (χ3v) is 3.95. The van der Waals surface area contributed by atoms with Crippen molar-refractivity contribution in [2.45, 2.75) is 26.2 Å². The molecule has 0 bridgehead atoms. The largest absolute Gasteiger partial charge is 0.508 e. The van der Waals surface area contributed by atoms with E-state index in [1.54, 1.807) is 18.2 Å². The summed E-state index contributed by atoms with van der Waals surface area (Å²) in [6.07, 6.45) is 0.489. The van der Waals surface area contributed by atoms with Crippen molar-refractivity contribution in [2.24, 2.45) is 0 Å². The second kappa shape index (κ2) is 7.82. The van der Waals surface area contributed by atoms with Crippen LogP contribution in [0.2, 0.25) is 0 Å². The van der Waals surface area contributed by atoms with Gasteiger partial charge in [-0.3, -0.25) is 4.79 Å². The van der Waals surface area contributed by atoms with Crippen LogP contribution in [0.3, 0.4) is 0 Å². The fourth-order valence-corrected chi connectivity index (χ4v) is 2.48. The van der Waals surface area contributed by atoms with Gasteiger partial charge in [0.15, 0.2) is 5.82 Å². The van der Waals surface area contributed by atoms with E-state index in [1.165, 1.54) is 0 Å². The molecule has 0 aliphatic rings. The molecule has 2 aromatic carbocycles. The summed E-state index contributed by atoms with van der Waals surface area (Å²) in [4.78, 5) is 16.7. The molecule has 0 aliphatic carbocycles. The van der Waals surface area contributed by atoms with Crippen LogP contribution < -0.4 is 5.32 Å². The quantitative estimate of drug-likeness (QED) is 0.709. The number of aromatic nitrogens is 2. The molecule has 1 heterocycles. The molecule has 6 nitrogen and oxygen atoms in total. The van der Waals surface area contributed by atoms with Crippen LogP contribution >= 0.6 is 0 Å². The lowest BCUT2D eigenvalue weighted by atomic mass is 10.0. The zero-order chi connectivity index (χ0) is 18.5. The molecular formula is C20H21N3O3. The zero-order valence-electron chi connectivity index (χ0n) is 14.8. The standard InChI is InChI=1S/C20H21N3O3/c1-13(2)19-22-18(26-23-19)10-11-21-20(25)16-5-3-4-15(12-16)14-6-8-17(24)9-7-14/h3-9,12-13,24H,10-11H2,1-2H3,(H,21,25). The summed E-state index contributed by atoms with van der Waals surface area (Å²) in [5.41, 5.74) is 2.42. The van der Waals surface area contributed by atoms with Crippen molar-refractivity contribution >= 4 is 5.91 Å². The Morgan fingerprint density at radius 2 is 1.92 bits per heavy atom. The molecule has 0 unspecified atom stereocenters. The highest BCUT2D eigenvalue weighted by Gasteiger charge is 2.11. The van der Waals surface area contributed by atoms with E-state index < -0.39 is 0 Å². The number of nitrogens with one attached hydrogen (secondary N) is 1. The maximum atomic E-state index is 12.4. The van der Waals surface area contributed by atoms with E-state index >= 15 is 0 Å². The van der Waals surface area contributed by atoms with E-state index in [0.29, 0.717) is 30.2 Å². The van der Waals surface area contributed by atoms with Gasteiger partial charge in [0.1, 0.15) is 5.75 Å². The molecule has 0 radical (unpaired) electrons. The molecule has 0 spiro atoms. The van der Waals surface area contributed by atoms with E-state index in [0.717, 1.165) is 11.1 Å². The van der Waals surface area contributed by atoms with E-state index in [4.69, 9.17) is 4.52 Å². The number of amides is 1. The molecule has 134 valence electrons.